The lowest BCUT2D eigenvalue weighted by Crippen LogP contribution is -2.70. The van der Waals surface area contributed by atoms with E-state index in [0.717, 1.165) is 0 Å². The van der Waals surface area contributed by atoms with Gasteiger partial charge in [0.15, 0.2) is 11.5 Å². The highest BCUT2D eigenvalue weighted by Crippen LogP contribution is 2.70. The number of carbonyl (C=O) groups excluding carboxylic acids is 1. The molecule has 3 fully saturated rings. The zero-order valence-electron chi connectivity index (χ0n) is 16.8. The van der Waals surface area contributed by atoms with Gasteiger partial charge in [0.1, 0.15) is 11.8 Å². The number of hydrogen-bond donors (Lipinski definition) is 3. The fourth-order valence-electron chi connectivity index (χ4n) is 7.31. The number of aliphatic hydroxyl groups excluding tert-OH is 1. The van der Waals surface area contributed by atoms with Gasteiger partial charge in [0, 0.05) is 16.7 Å². The monoisotopic (exact) mass is 393 g/mol. The van der Waals surface area contributed by atoms with E-state index in [-0.39, 0.29) is 29.9 Å². The van der Waals surface area contributed by atoms with Crippen LogP contribution < -0.4 is 0 Å². The molecule has 0 aliphatic heterocycles. The molecule has 0 aromatic carbocycles. The van der Waals surface area contributed by atoms with Crippen LogP contribution in [0.4, 0.5) is 8.78 Å². The average Bonchev–Trinajstić information content (AvgIpc) is 2.81. The summed E-state index contributed by atoms with van der Waals surface area (Å²) < 4.78 is 32.1. The van der Waals surface area contributed by atoms with Gasteiger partial charge in [0.25, 0.3) is 0 Å². The van der Waals surface area contributed by atoms with E-state index in [1.165, 1.54) is 25.2 Å². The Labute approximate surface area is 164 Å². The van der Waals surface area contributed by atoms with Gasteiger partial charge in [-0.3, -0.25) is 4.79 Å². The fourth-order valence-corrected chi connectivity index (χ4v) is 7.31. The van der Waals surface area contributed by atoms with Crippen LogP contribution in [-0.4, -0.2) is 45.3 Å². The molecule has 5 unspecified atom stereocenters. The second-order valence-corrected chi connectivity index (χ2v) is 9.87. The van der Waals surface area contributed by atoms with Gasteiger partial charge in [-0.25, -0.2) is 8.78 Å². The molecule has 0 bridgehead atoms. The molecule has 0 spiro atoms. The number of nitrogens with one attached hydrogen (secondary N) is 1. The van der Waals surface area contributed by atoms with Crippen molar-refractivity contribution >= 4 is 11.5 Å². The molecule has 4 aliphatic rings. The zero-order chi connectivity index (χ0) is 20.9. The van der Waals surface area contributed by atoms with Gasteiger partial charge in [0.2, 0.25) is 0 Å². The summed E-state index contributed by atoms with van der Waals surface area (Å²) in [6.07, 6.45) is 1.72. The van der Waals surface area contributed by atoms with Crippen LogP contribution in [0.1, 0.15) is 47.0 Å². The minimum atomic E-state index is -2.12. The number of alkyl halides is 2. The van der Waals surface area contributed by atoms with Crippen LogP contribution in [0.15, 0.2) is 23.8 Å². The molecule has 154 valence electrons. The number of rotatable bonds is 1. The number of carbonyl (C=O) groups is 1. The summed E-state index contributed by atoms with van der Waals surface area (Å²) in [6.45, 7) is 6.47. The molecule has 9 atom stereocenters. The number of fused-ring (bicyclic) bond motifs is 5. The molecular formula is C22H29F2NO3. The SMILES string of the molecule is CC(=O)[C@@]1(O)[C@H](C)CC2C3C[C@H](F)C4=CC(=N)C=CC4(C)[C@@]3(F)C(O)CC21C. The lowest BCUT2D eigenvalue weighted by atomic mass is 9.44. The predicted octanol–water partition coefficient (Wildman–Crippen LogP) is 3.32. The van der Waals surface area contributed by atoms with Crippen molar-refractivity contribution in [2.24, 2.45) is 28.6 Å². The van der Waals surface area contributed by atoms with Crippen molar-refractivity contribution in [1.29, 1.82) is 5.41 Å². The van der Waals surface area contributed by atoms with Crippen LogP contribution >= 0.6 is 0 Å². The summed E-state index contributed by atoms with van der Waals surface area (Å²) in [5, 5.41) is 30.3. The van der Waals surface area contributed by atoms with E-state index in [2.05, 4.69) is 0 Å². The maximum atomic E-state index is 16.9. The average molecular weight is 393 g/mol. The molecule has 4 rings (SSSR count). The largest absolute Gasteiger partial charge is 0.390 e. The fraction of sp³-hybridized carbons (Fsp3) is 0.727. The summed E-state index contributed by atoms with van der Waals surface area (Å²) in [7, 11) is 0. The Hall–Kier alpha value is -1.40. The summed E-state index contributed by atoms with van der Waals surface area (Å²) in [6, 6.07) is 0. The smallest absolute Gasteiger partial charge is 0.162 e. The molecule has 4 aliphatic carbocycles. The van der Waals surface area contributed by atoms with Crippen molar-refractivity contribution in [2.45, 2.75) is 70.5 Å². The molecule has 28 heavy (non-hydrogen) atoms. The molecule has 4 nitrogen and oxygen atoms in total. The van der Waals surface area contributed by atoms with Gasteiger partial charge in [-0.15, -0.1) is 0 Å². The van der Waals surface area contributed by atoms with Crippen LogP contribution in [0.5, 0.6) is 0 Å². The van der Waals surface area contributed by atoms with Gasteiger partial charge in [-0.05, 0) is 62.7 Å². The molecule has 0 aromatic heterocycles. The van der Waals surface area contributed by atoms with E-state index in [1.54, 1.807) is 20.8 Å². The Morgan fingerprint density at radius 2 is 1.93 bits per heavy atom. The van der Waals surface area contributed by atoms with Crippen molar-refractivity contribution in [3.05, 3.63) is 23.8 Å². The van der Waals surface area contributed by atoms with Crippen LogP contribution in [0.3, 0.4) is 0 Å². The van der Waals surface area contributed by atoms with Crippen molar-refractivity contribution in [1.82, 2.24) is 0 Å². The Kier molecular flexibility index (Phi) is 3.98. The number of hydrogen-bond acceptors (Lipinski definition) is 4. The van der Waals surface area contributed by atoms with E-state index < -0.39 is 52.1 Å². The van der Waals surface area contributed by atoms with E-state index >= 15 is 8.78 Å². The van der Waals surface area contributed by atoms with E-state index in [0.29, 0.717) is 6.42 Å². The van der Waals surface area contributed by atoms with E-state index in [4.69, 9.17) is 5.41 Å². The van der Waals surface area contributed by atoms with Crippen molar-refractivity contribution in [3.63, 3.8) is 0 Å². The minimum Gasteiger partial charge on any atom is -0.390 e. The highest BCUT2D eigenvalue weighted by molar-refractivity contribution is 6.03. The highest BCUT2D eigenvalue weighted by atomic mass is 19.1. The summed E-state index contributed by atoms with van der Waals surface area (Å²) in [5.41, 5.74) is -5.83. The summed E-state index contributed by atoms with van der Waals surface area (Å²) >= 11 is 0. The van der Waals surface area contributed by atoms with Crippen molar-refractivity contribution in [2.75, 3.05) is 0 Å². The molecule has 3 saturated carbocycles. The van der Waals surface area contributed by atoms with Crippen LogP contribution in [0.2, 0.25) is 0 Å². The van der Waals surface area contributed by atoms with Gasteiger partial charge < -0.3 is 15.6 Å². The van der Waals surface area contributed by atoms with Crippen LogP contribution in [0, 0.1) is 34.0 Å². The maximum Gasteiger partial charge on any atom is 0.162 e. The van der Waals surface area contributed by atoms with Gasteiger partial charge in [0.05, 0.1) is 11.8 Å². The molecule has 0 heterocycles. The van der Waals surface area contributed by atoms with Gasteiger partial charge in [-0.1, -0.05) is 19.9 Å². The number of allylic oxidation sites excluding steroid dienone is 4. The lowest BCUT2D eigenvalue weighted by molar-refractivity contribution is -0.222. The predicted molar refractivity (Wildman–Crippen MR) is 102 cm³/mol. The molecule has 0 saturated heterocycles. The van der Waals surface area contributed by atoms with Crippen molar-refractivity contribution < 1.29 is 23.8 Å². The minimum absolute atomic E-state index is 0.0593. The Morgan fingerprint density at radius 1 is 1.29 bits per heavy atom. The first kappa shape index (κ1) is 19.9. The van der Waals surface area contributed by atoms with Crippen LogP contribution in [0.25, 0.3) is 0 Å². The summed E-state index contributed by atoms with van der Waals surface area (Å²) in [4.78, 5) is 12.4. The first-order valence-electron chi connectivity index (χ1n) is 10.1. The summed E-state index contributed by atoms with van der Waals surface area (Å²) in [5.74, 6) is -2.02. The van der Waals surface area contributed by atoms with E-state index in [9.17, 15) is 15.0 Å². The van der Waals surface area contributed by atoms with Crippen molar-refractivity contribution in [3.8, 4) is 0 Å². The van der Waals surface area contributed by atoms with Gasteiger partial charge >= 0.3 is 0 Å². The quantitative estimate of drug-likeness (QED) is 0.639. The number of aliphatic hydroxyl groups is 2. The molecule has 0 amide bonds. The third kappa shape index (κ3) is 1.96. The Bertz CT molecular complexity index is 825. The Morgan fingerprint density at radius 3 is 2.54 bits per heavy atom. The standard InChI is InChI=1S/C22H29F2NO3/c1-11-7-14-15-9-17(23)16-8-13(25)5-6-19(16,3)21(15,24)18(27)10-20(14,4)22(11,28)12(2)26/h5-6,8,11,14-15,17-18,25,27-28H,7,9-10H2,1-4H3/t11-,14?,15?,17+,18?,19?,20?,21+,22+/m1/s1. The molecule has 3 N–H and O–H groups in total. The van der Waals surface area contributed by atoms with Gasteiger partial charge in [-0.2, -0.15) is 0 Å². The topological polar surface area (TPSA) is 81.4 Å². The highest BCUT2D eigenvalue weighted by Gasteiger charge is 2.76. The number of Topliss-reactive ketones (excluding diaryl/α,β-unsaturated/α-hetero) is 1. The maximum absolute atomic E-state index is 16.9. The first-order chi connectivity index (χ1) is 12.8. The lowest BCUT2D eigenvalue weighted by Gasteiger charge is -2.63. The second-order valence-electron chi connectivity index (χ2n) is 9.87. The molecule has 0 radical (unpaired) electrons. The first-order valence-corrected chi connectivity index (χ1v) is 10.1. The second kappa shape index (κ2) is 5.60. The Balaban J connectivity index is 1.88. The molecule has 0 aromatic rings. The molecular weight excluding hydrogens is 364 g/mol. The zero-order valence-corrected chi connectivity index (χ0v) is 16.8. The third-order valence-electron chi connectivity index (χ3n) is 8.78. The third-order valence-corrected chi connectivity index (χ3v) is 8.78. The van der Waals surface area contributed by atoms with E-state index in [1.807, 2.05) is 0 Å². The number of ketones is 1. The van der Waals surface area contributed by atoms with Crippen LogP contribution in [-0.2, 0) is 4.79 Å². The molecule has 6 heteroatoms. The number of halogens is 2. The normalized spacial score (nSPS) is 55.2.